The smallest absolute Gasteiger partial charge is 0.204 e. The number of rotatable bonds is 14. The van der Waals surface area contributed by atoms with Gasteiger partial charge in [0.15, 0.2) is 10.9 Å². The Kier molecular flexibility index (Phi) is 18.8. The van der Waals surface area contributed by atoms with Crippen LogP contribution in [-0.4, -0.2) is 104 Å². The van der Waals surface area contributed by atoms with E-state index in [1.54, 1.807) is 24.3 Å². The number of pyridine rings is 2. The summed E-state index contributed by atoms with van der Waals surface area (Å²) < 4.78 is 0. The van der Waals surface area contributed by atoms with E-state index in [0.717, 1.165) is 73.2 Å². The molecule has 0 fully saturated rings. The minimum atomic E-state index is 0.431. The third kappa shape index (κ3) is 16.8. The van der Waals surface area contributed by atoms with Crippen LogP contribution in [0.4, 0.5) is 34.6 Å². The molecule has 2 heterocycles. The molecule has 292 valence electrons. The van der Waals surface area contributed by atoms with Crippen molar-refractivity contribution < 1.29 is 0 Å². The van der Waals surface area contributed by atoms with E-state index < -0.39 is 0 Å². The number of anilines is 5. The van der Waals surface area contributed by atoms with Crippen molar-refractivity contribution in [2.24, 2.45) is 4.99 Å². The standard InChI is InChI=1S/C20H28Cl2N6.C18H23Cl2N5S/c1-14-11-18(23-9-6-10-27(2)3)25-19(12-14)26-20(28(4)5)24-15-7-8-16(21)17(22)13-15;1-12-9-16(21-7-4-8-25(2)3)23-17(10-12)24-18(26)22-13-5-6-14(19)15(20)11-13/h7-8,11-13H,6,9-10H2,1-5H3,(H2,23,24,25,26);5-6,9-11H,4,7-8H2,1-3H3,(H3,21,22,23,24,26). The molecule has 11 nitrogen and oxygen atoms in total. The highest BCUT2D eigenvalue weighted by atomic mass is 35.5. The maximum absolute atomic E-state index is 6.11. The quantitative estimate of drug-likeness (QED) is 0.0363. The van der Waals surface area contributed by atoms with Gasteiger partial charge in [0.1, 0.15) is 17.5 Å². The number of thiocarbonyl (C=S) groups is 1. The Morgan fingerprint density at radius 1 is 0.611 bits per heavy atom. The summed E-state index contributed by atoms with van der Waals surface area (Å²) in [5.41, 5.74) is 3.74. The van der Waals surface area contributed by atoms with Crippen LogP contribution in [0.15, 0.2) is 65.7 Å². The Balaban J connectivity index is 0.000000291. The molecule has 54 heavy (non-hydrogen) atoms. The Morgan fingerprint density at radius 2 is 1.09 bits per heavy atom. The Morgan fingerprint density at radius 3 is 1.59 bits per heavy atom. The van der Waals surface area contributed by atoms with E-state index in [4.69, 9.17) is 58.6 Å². The summed E-state index contributed by atoms with van der Waals surface area (Å²) in [6, 6.07) is 18.5. The van der Waals surface area contributed by atoms with Crippen molar-refractivity contribution in [1.82, 2.24) is 24.7 Å². The third-order valence-corrected chi connectivity index (χ3v) is 9.02. The molecule has 0 aliphatic heterocycles. The summed E-state index contributed by atoms with van der Waals surface area (Å²) in [6.07, 6.45) is 2.09. The highest BCUT2D eigenvalue weighted by molar-refractivity contribution is 7.80. The minimum Gasteiger partial charge on any atom is -0.370 e. The van der Waals surface area contributed by atoms with Gasteiger partial charge in [0.05, 0.1) is 20.1 Å². The lowest BCUT2D eigenvalue weighted by atomic mass is 10.3. The number of hydrogen-bond donors (Lipinski definition) is 5. The van der Waals surface area contributed by atoms with Gasteiger partial charge < -0.3 is 41.3 Å². The SMILES string of the molecule is Cc1cc(N=C(Nc2ccc(Cl)c(Cl)c2)N(C)C)nc(NCCCN(C)C)c1.Cc1cc(NCCCN(C)C)nc(NC(=S)Nc2ccc(Cl)c(Cl)c2)c1. The molecule has 0 saturated heterocycles. The predicted octanol–water partition coefficient (Wildman–Crippen LogP) is 9.59. The lowest BCUT2D eigenvalue weighted by Crippen LogP contribution is -2.29. The topological polar surface area (TPSA) is 108 Å². The number of halogens is 4. The molecule has 0 atom stereocenters. The second-order valence-corrected chi connectivity index (χ2v) is 15.3. The van der Waals surface area contributed by atoms with Crippen LogP contribution in [0.2, 0.25) is 20.1 Å². The zero-order chi connectivity index (χ0) is 39.8. The summed E-state index contributed by atoms with van der Waals surface area (Å²) >= 11 is 29.4. The molecule has 0 aliphatic rings. The van der Waals surface area contributed by atoms with Gasteiger partial charge in [0, 0.05) is 38.6 Å². The summed E-state index contributed by atoms with van der Waals surface area (Å²) in [7, 11) is 12.1. The number of aryl methyl sites for hydroxylation is 2. The fourth-order valence-electron chi connectivity index (χ4n) is 4.75. The molecule has 0 saturated carbocycles. The van der Waals surface area contributed by atoms with E-state index in [1.165, 1.54) is 0 Å². The average molecular weight is 836 g/mol. The first-order chi connectivity index (χ1) is 25.6. The van der Waals surface area contributed by atoms with Crippen molar-refractivity contribution in [2.75, 3.05) is 95.0 Å². The number of aromatic nitrogens is 2. The molecule has 2 aromatic heterocycles. The van der Waals surface area contributed by atoms with Gasteiger partial charge in [-0.3, -0.25) is 0 Å². The third-order valence-electron chi connectivity index (χ3n) is 7.34. The number of guanidine groups is 1. The molecule has 0 bridgehead atoms. The molecule has 4 rings (SSSR count). The zero-order valence-corrected chi connectivity index (χ0v) is 36.0. The van der Waals surface area contributed by atoms with Gasteiger partial charge in [-0.25, -0.2) is 9.97 Å². The largest absolute Gasteiger partial charge is 0.370 e. The summed E-state index contributed by atoms with van der Waals surface area (Å²) in [5, 5.41) is 18.6. The van der Waals surface area contributed by atoms with Crippen LogP contribution in [0.3, 0.4) is 0 Å². The van der Waals surface area contributed by atoms with E-state index in [0.29, 0.717) is 42.8 Å². The van der Waals surface area contributed by atoms with Gasteiger partial charge in [0.25, 0.3) is 0 Å². The molecule has 5 N–H and O–H groups in total. The molecular weight excluding hydrogens is 784 g/mol. The van der Waals surface area contributed by atoms with E-state index in [9.17, 15) is 0 Å². The van der Waals surface area contributed by atoms with Gasteiger partial charge in [-0.05, 0) is 152 Å². The van der Waals surface area contributed by atoms with Crippen LogP contribution in [0.1, 0.15) is 24.0 Å². The van der Waals surface area contributed by atoms with Gasteiger partial charge in [-0.1, -0.05) is 46.4 Å². The Hall–Kier alpha value is -3.62. The zero-order valence-electron chi connectivity index (χ0n) is 32.1. The van der Waals surface area contributed by atoms with Crippen molar-refractivity contribution >= 4 is 104 Å². The van der Waals surface area contributed by atoms with Gasteiger partial charge in [-0.15, -0.1) is 0 Å². The van der Waals surface area contributed by atoms with E-state index in [1.807, 2.05) is 69.2 Å². The number of aliphatic imine (C=N–C) groups is 1. The van der Waals surface area contributed by atoms with E-state index in [-0.39, 0.29) is 0 Å². The van der Waals surface area contributed by atoms with Crippen LogP contribution in [0, 0.1) is 13.8 Å². The van der Waals surface area contributed by atoms with Crippen molar-refractivity contribution in [3.05, 3.63) is 91.9 Å². The van der Waals surface area contributed by atoms with E-state index in [2.05, 4.69) is 79.5 Å². The van der Waals surface area contributed by atoms with Crippen LogP contribution in [-0.2, 0) is 0 Å². The van der Waals surface area contributed by atoms with Gasteiger partial charge >= 0.3 is 0 Å². The first kappa shape index (κ1) is 44.8. The monoisotopic (exact) mass is 833 g/mol. The van der Waals surface area contributed by atoms with Gasteiger partial charge in [0.2, 0.25) is 5.96 Å². The van der Waals surface area contributed by atoms with Crippen LogP contribution >= 0.6 is 58.6 Å². The molecule has 0 spiro atoms. The second kappa shape index (κ2) is 22.7. The molecule has 16 heteroatoms. The van der Waals surface area contributed by atoms with Crippen LogP contribution in [0.5, 0.6) is 0 Å². The number of nitrogens with zero attached hydrogens (tertiary/aromatic N) is 6. The van der Waals surface area contributed by atoms with Crippen molar-refractivity contribution in [3.63, 3.8) is 0 Å². The fourth-order valence-corrected chi connectivity index (χ4v) is 5.56. The minimum absolute atomic E-state index is 0.431. The van der Waals surface area contributed by atoms with E-state index >= 15 is 0 Å². The molecule has 0 amide bonds. The lowest BCUT2D eigenvalue weighted by Gasteiger charge is -2.18. The van der Waals surface area contributed by atoms with Crippen molar-refractivity contribution in [3.8, 4) is 0 Å². The maximum atomic E-state index is 6.11. The van der Waals surface area contributed by atoms with Gasteiger partial charge in [-0.2, -0.15) is 4.99 Å². The first-order valence-electron chi connectivity index (χ1n) is 17.3. The van der Waals surface area contributed by atoms with Crippen LogP contribution in [0.25, 0.3) is 0 Å². The fraction of sp³-hybridized carbons (Fsp3) is 0.368. The summed E-state index contributed by atoms with van der Waals surface area (Å²) in [5.74, 6) is 3.60. The van der Waals surface area contributed by atoms with Crippen molar-refractivity contribution in [2.45, 2.75) is 26.7 Å². The number of benzene rings is 2. The average Bonchev–Trinajstić information content (AvgIpc) is 3.08. The number of nitrogens with one attached hydrogen (secondary N) is 5. The molecule has 4 aromatic rings. The predicted molar refractivity (Wildman–Crippen MR) is 238 cm³/mol. The highest BCUT2D eigenvalue weighted by Gasteiger charge is 2.09. The Labute approximate surface area is 345 Å². The van der Waals surface area contributed by atoms with Crippen molar-refractivity contribution in [1.29, 1.82) is 0 Å². The number of hydrogen-bond acceptors (Lipinski definition) is 8. The molecule has 0 aliphatic carbocycles. The normalized spacial score (nSPS) is 11.2. The molecule has 0 unspecified atom stereocenters. The first-order valence-corrected chi connectivity index (χ1v) is 19.3. The second-order valence-electron chi connectivity index (χ2n) is 13.3. The summed E-state index contributed by atoms with van der Waals surface area (Å²) in [6.45, 7) is 7.84. The maximum Gasteiger partial charge on any atom is 0.204 e. The Bertz CT molecular complexity index is 1850. The molecule has 0 radical (unpaired) electrons. The van der Waals surface area contributed by atoms with Crippen LogP contribution < -0.4 is 26.6 Å². The highest BCUT2D eigenvalue weighted by Crippen LogP contribution is 2.27. The lowest BCUT2D eigenvalue weighted by molar-refractivity contribution is 0.405. The summed E-state index contributed by atoms with van der Waals surface area (Å²) in [4.78, 5) is 20.1. The molecular formula is C38H51Cl4N11S. The molecule has 2 aromatic carbocycles.